The molecule has 0 aliphatic rings. The van der Waals surface area contributed by atoms with Gasteiger partial charge in [-0.15, -0.1) is 0 Å². The summed E-state index contributed by atoms with van der Waals surface area (Å²) in [5, 5.41) is 8.47. The van der Waals surface area contributed by atoms with Crippen LogP contribution in [0.1, 0.15) is 20.8 Å². The van der Waals surface area contributed by atoms with Crippen molar-refractivity contribution in [3.8, 4) is 6.07 Å². The van der Waals surface area contributed by atoms with Crippen molar-refractivity contribution < 1.29 is 4.79 Å². The van der Waals surface area contributed by atoms with E-state index in [2.05, 4.69) is 4.99 Å². The van der Waals surface area contributed by atoms with Crippen LogP contribution in [0.4, 0.5) is 0 Å². The zero-order chi connectivity index (χ0) is 8.20. The number of nitrogens with zero attached hydrogens (tertiary/aromatic N) is 2. The normalized spacial score (nSPS) is 13.0. The molecule has 0 aromatic carbocycles. The van der Waals surface area contributed by atoms with Gasteiger partial charge < -0.3 is 0 Å². The molecule has 0 aromatic rings. The van der Waals surface area contributed by atoms with Gasteiger partial charge in [-0.05, 0) is 5.41 Å². The molecule has 10 heavy (non-hydrogen) atoms. The number of aliphatic imine (C=N–C) groups is 1. The van der Waals surface area contributed by atoms with E-state index in [-0.39, 0.29) is 5.41 Å². The molecule has 0 aromatic heterocycles. The second-order valence-corrected chi connectivity index (χ2v) is 3.12. The van der Waals surface area contributed by atoms with E-state index in [4.69, 9.17) is 5.26 Å². The van der Waals surface area contributed by atoms with Crippen LogP contribution in [-0.2, 0) is 4.79 Å². The quantitative estimate of drug-likeness (QED) is 0.404. The van der Waals surface area contributed by atoms with Gasteiger partial charge in [-0.1, -0.05) is 20.8 Å². The third-order valence-electron chi connectivity index (χ3n) is 1.12. The lowest BCUT2D eigenvalue weighted by molar-refractivity contribution is 0.372. The van der Waals surface area contributed by atoms with Gasteiger partial charge in [0.1, 0.15) is 0 Å². The fourth-order valence-corrected chi connectivity index (χ4v) is 0.469. The van der Waals surface area contributed by atoms with E-state index >= 15 is 0 Å². The molecular formula is C7H10N2O. The molecule has 3 nitrogen and oxygen atoms in total. The minimum Gasteiger partial charge on any atom is -0.211 e. The number of carbonyl (C=O) groups excluding carboxylic acids is 1. The molecule has 1 atom stereocenters. The van der Waals surface area contributed by atoms with Gasteiger partial charge >= 0.3 is 0 Å². The van der Waals surface area contributed by atoms with Gasteiger partial charge in [-0.25, -0.2) is 4.79 Å². The fraction of sp³-hybridized carbons (Fsp3) is 0.714. The Balaban J connectivity index is 4.40. The largest absolute Gasteiger partial charge is 0.236 e. The van der Waals surface area contributed by atoms with E-state index in [9.17, 15) is 4.79 Å². The van der Waals surface area contributed by atoms with Crippen LogP contribution in [0, 0.1) is 16.7 Å². The highest BCUT2D eigenvalue weighted by molar-refractivity contribution is 5.35. The van der Waals surface area contributed by atoms with Crippen molar-refractivity contribution in [1.29, 1.82) is 5.26 Å². The first-order valence-electron chi connectivity index (χ1n) is 2.99. The SMILES string of the molecule is CC(C)(C)C(C#N)N=C=O. The van der Waals surface area contributed by atoms with E-state index < -0.39 is 6.04 Å². The molecule has 0 radical (unpaired) electrons. The maximum Gasteiger partial charge on any atom is 0.236 e. The number of isocyanates is 1. The maximum atomic E-state index is 9.78. The Hall–Kier alpha value is -1.13. The van der Waals surface area contributed by atoms with Crippen molar-refractivity contribution >= 4 is 6.08 Å². The third kappa shape index (κ3) is 2.43. The highest BCUT2D eigenvalue weighted by Gasteiger charge is 2.23. The van der Waals surface area contributed by atoms with Crippen molar-refractivity contribution in [2.75, 3.05) is 0 Å². The predicted molar refractivity (Wildman–Crippen MR) is 37.0 cm³/mol. The summed E-state index contributed by atoms with van der Waals surface area (Å²) in [6.45, 7) is 5.55. The lowest BCUT2D eigenvalue weighted by Crippen LogP contribution is -2.22. The highest BCUT2D eigenvalue weighted by atomic mass is 16.1. The minimum absolute atomic E-state index is 0.272. The van der Waals surface area contributed by atoms with Crippen LogP contribution in [0.5, 0.6) is 0 Å². The zero-order valence-corrected chi connectivity index (χ0v) is 6.38. The average Bonchev–Trinajstić information content (AvgIpc) is 1.80. The topological polar surface area (TPSA) is 53.2 Å². The van der Waals surface area contributed by atoms with E-state index in [1.54, 1.807) is 0 Å². The number of hydrogen-bond donors (Lipinski definition) is 0. The minimum atomic E-state index is -0.579. The van der Waals surface area contributed by atoms with Crippen LogP contribution >= 0.6 is 0 Å². The number of hydrogen-bond acceptors (Lipinski definition) is 3. The summed E-state index contributed by atoms with van der Waals surface area (Å²) in [5.41, 5.74) is -0.272. The fourth-order valence-electron chi connectivity index (χ4n) is 0.469. The summed E-state index contributed by atoms with van der Waals surface area (Å²) in [4.78, 5) is 13.1. The second kappa shape index (κ2) is 3.14. The summed E-state index contributed by atoms with van der Waals surface area (Å²) in [6, 6.07) is 1.34. The molecule has 0 aliphatic carbocycles. The van der Waals surface area contributed by atoms with Gasteiger partial charge in [0.25, 0.3) is 0 Å². The first-order valence-corrected chi connectivity index (χ1v) is 2.99. The molecule has 0 fully saturated rings. The van der Waals surface area contributed by atoms with Crippen LogP contribution in [0.3, 0.4) is 0 Å². The van der Waals surface area contributed by atoms with Crippen LogP contribution in [0.2, 0.25) is 0 Å². The Morgan fingerprint density at radius 2 is 2.00 bits per heavy atom. The number of nitriles is 1. The molecule has 0 N–H and O–H groups in total. The van der Waals surface area contributed by atoms with Gasteiger partial charge in [-0.2, -0.15) is 10.3 Å². The standard InChI is InChI=1S/C7H10N2O/c1-7(2,3)6(4-8)9-5-10/h6H,1-3H3. The first-order chi connectivity index (χ1) is 4.52. The Morgan fingerprint density at radius 3 is 2.10 bits per heavy atom. The molecule has 0 bridgehead atoms. The van der Waals surface area contributed by atoms with E-state index in [0.717, 1.165) is 0 Å². The van der Waals surface area contributed by atoms with Crippen LogP contribution in [0.25, 0.3) is 0 Å². The molecule has 54 valence electrons. The van der Waals surface area contributed by atoms with Gasteiger partial charge in [0.05, 0.1) is 6.07 Å². The molecule has 0 heterocycles. The van der Waals surface area contributed by atoms with Gasteiger partial charge in [0.15, 0.2) is 6.04 Å². The average molecular weight is 138 g/mol. The van der Waals surface area contributed by atoms with Gasteiger partial charge in [0, 0.05) is 0 Å². The summed E-state index contributed by atoms with van der Waals surface area (Å²) >= 11 is 0. The Kier molecular flexibility index (Phi) is 2.79. The van der Waals surface area contributed by atoms with Gasteiger partial charge in [0.2, 0.25) is 6.08 Å². The summed E-state index contributed by atoms with van der Waals surface area (Å²) in [5.74, 6) is 0. The van der Waals surface area contributed by atoms with Crippen molar-refractivity contribution in [2.45, 2.75) is 26.8 Å². The molecule has 0 rings (SSSR count). The molecule has 0 saturated heterocycles. The van der Waals surface area contributed by atoms with Crippen LogP contribution in [-0.4, -0.2) is 12.1 Å². The Bertz CT molecular complexity index is 191. The van der Waals surface area contributed by atoms with E-state index in [0.29, 0.717) is 0 Å². The van der Waals surface area contributed by atoms with Crippen molar-refractivity contribution in [2.24, 2.45) is 10.4 Å². The number of rotatable bonds is 1. The summed E-state index contributed by atoms with van der Waals surface area (Å²) in [6.07, 6.45) is 1.38. The monoisotopic (exact) mass is 138 g/mol. The summed E-state index contributed by atoms with van der Waals surface area (Å²) < 4.78 is 0. The van der Waals surface area contributed by atoms with Crippen molar-refractivity contribution in [1.82, 2.24) is 0 Å². The third-order valence-corrected chi connectivity index (χ3v) is 1.12. The lowest BCUT2D eigenvalue weighted by Gasteiger charge is -2.18. The predicted octanol–water partition coefficient (Wildman–Crippen LogP) is 1.26. The highest BCUT2D eigenvalue weighted by Crippen LogP contribution is 2.20. The van der Waals surface area contributed by atoms with Crippen molar-refractivity contribution in [3.63, 3.8) is 0 Å². The smallest absolute Gasteiger partial charge is 0.211 e. The van der Waals surface area contributed by atoms with Gasteiger partial charge in [-0.3, -0.25) is 0 Å². The van der Waals surface area contributed by atoms with Crippen LogP contribution < -0.4 is 0 Å². The van der Waals surface area contributed by atoms with Crippen molar-refractivity contribution in [3.05, 3.63) is 0 Å². The van der Waals surface area contributed by atoms with E-state index in [1.165, 1.54) is 6.08 Å². The molecule has 0 amide bonds. The maximum absolute atomic E-state index is 9.78. The molecular weight excluding hydrogens is 128 g/mol. The summed E-state index contributed by atoms with van der Waals surface area (Å²) in [7, 11) is 0. The second-order valence-electron chi connectivity index (χ2n) is 3.12. The molecule has 3 heteroatoms. The first kappa shape index (κ1) is 8.87. The van der Waals surface area contributed by atoms with E-state index in [1.807, 2.05) is 26.8 Å². The molecule has 1 unspecified atom stereocenters. The zero-order valence-electron chi connectivity index (χ0n) is 6.38. The molecule has 0 aliphatic heterocycles. The Morgan fingerprint density at radius 1 is 1.50 bits per heavy atom. The van der Waals surface area contributed by atoms with Crippen LogP contribution in [0.15, 0.2) is 4.99 Å². The Labute approximate surface area is 60.4 Å². The molecule has 0 spiro atoms. The lowest BCUT2D eigenvalue weighted by atomic mass is 9.88. The molecule has 0 saturated carbocycles.